The van der Waals surface area contributed by atoms with Crippen molar-refractivity contribution < 1.29 is 9.59 Å². The number of anilines is 1. The SMILES string of the molecule is CC(=O)NCc1ccc(-c2csc(NC(=O)c3ccccn3)n2)s1. The molecule has 0 saturated carbocycles. The van der Waals surface area contributed by atoms with Gasteiger partial charge in [-0.25, -0.2) is 4.98 Å². The molecule has 3 aromatic rings. The Labute approximate surface area is 146 Å². The predicted molar refractivity (Wildman–Crippen MR) is 95.1 cm³/mol. The molecular formula is C16H14N4O2S2. The minimum atomic E-state index is -0.283. The molecule has 3 rings (SSSR count). The van der Waals surface area contributed by atoms with Crippen LogP contribution in [-0.2, 0) is 11.3 Å². The highest BCUT2D eigenvalue weighted by Crippen LogP contribution is 2.30. The summed E-state index contributed by atoms with van der Waals surface area (Å²) in [5.74, 6) is -0.341. The van der Waals surface area contributed by atoms with Crippen LogP contribution in [0.2, 0.25) is 0 Å². The molecule has 2 amide bonds. The topological polar surface area (TPSA) is 84.0 Å². The monoisotopic (exact) mass is 358 g/mol. The van der Waals surface area contributed by atoms with Gasteiger partial charge >= 0.3 is 0 Å². The van der Waals surface area contributed by atoms with Gasteiger partial charge < -0.3 is 5.32 Å². The molecular weight excluding hydrogens is 344 g/mol. The van der Waals surface area contributed by atoms with Gasteiger partial charge in [0.15, 0.2) is 5.13 Å². The zero-order valence-corrected chi connectivity index (χ0v) is 14.4. The smallest absolute Gasteiger partial charge is 0.276 e. The fourth-order valence-corrected chi connectivity index (χ4v) is 3.61. The number of carbonyl (C=O) groups is 2. The van der Waals surface area contributed by atoms with Crippen molar-refractivity contribution in [1.29, 1.82) is 0 Å². The molecule has 0 fully saturated rings. The van der Waals surface area contributed by atoms with E-state index in [0.717, 1.165) is 15.4 Å². The second kappa shape index (κ2) is 7.33. The van der Waals surface area contributed by atoms with Crippen LogP contribution in [0, 0.1) is 0 Å². The third-order valence-corrected chi connectivity index (χ3v) is 4.91. The van der Waals surface area contributed by atoms with Crippen molar-refractivity contribution in [2.75, 3.05) is 5.32 Å². The maximum absolute atomic E-state index is 12.1. The van der Waals surface area contributed by atoms with E-state index >= 15 is 0 Å². The van der Waals surface area contributed by atoms with Crippen LogP contribution < -0.4 is 10.6 Å². The van der Waals surface area contributed by atoms with Crippen molar-refractivity contribution in [2.45, 2.75) is 13.5 Å². The molecule has 2 N–H and O–H groups in total. The summed E-state index contributed by atoms with van der Waals surface area (Å²) in [4.78, 5) is 33.5. The zero-order chi connectivity index (χ0) is 16.9. The number of thiazole rings is 1. The van der Waals surface area contributed by atoms with Crippen LogP contribution in [0.25, 0.3) is 10.6 Å². The molecule has 0 atom stereocenters. The fraction of sp³-hybridized carbons (Fsp3) is 0.125. The van der Waals surface area contributed by atoms with Crippen LogP contribution in [0.1, 0.15) is 22.3 Å². The number of rotatable bonds is 5. The molecule has 24 heavy (non-hydrogen) atoms. The number of nitrogens with one attached hydrogen (secondary N) is 2. The van der Waals surface area contributed by atoms with E-state index in [9.17, 15) is 9.59 Å². The molecule has 0 bridgehead atoms. The first-order valence-corrected chi connectivity index (χ1v) is 8.83. The van der Waals surface area contributed by atoms with Crippen molar-refractivity contribution in [3.05, 3.63) is 52.5 Å². The molecule has 0 aliphatic heterocycles. The summed E-state index contributed by atoms with van der Waals surface area (Å²) < 4.78 is 0. The van der Waals surface area contributed by atoms with Gasteiger partial charge in [-0.2, -0.15) is 0 Å². The number of carbonyl (C=O) groups excluding carboxylic acids is 2. The number of pyridine rings is 1. The highest BCUT2D eigenvalue weighted by atomic mass is 32.1. The summed E-state index contributed by atoms with van der Waals surface area (Å²) in [6, 6.07) is 9.09. The second-order valence-corrected chi connectivity index (χ2v) is 6.91. The first-order valence-electron chi connectivity index (χ1n) is 7.13. The van der Waals surface area contributed by atoms with Crippen molar-refractivity contribution in [3.63, 3.8) is 0 Å². The highest BCUT2D eigenvalue weighted by molar-refractivity contribution is 7.17. The zero-order valence-electron chi connectivity index (χ0n) is 12.8. The number of aromatic nitrogens is 2. The van der Waals surface area contributed by atoms with Crippen LogP contribution >= 0.6 is 22.7 Å². The van der Waals surface area contributed by atoms with Gasteiger partial charge in [0.05, 0.1) is 17.1 Å². The molecule has 3 heterocycles. The average Bonchev–Trinajstić information content (AvgIpc) is 3.22. The molecule has 3 aromatic heterocycles. The third-order valence-electron chi connectivity index (χ3n) is 3.05. The predicted octanol–water partition coefficient (Wildman–Crippen LogP) is 3.16. The number of thiophene rings is 1. The first kappa shape index (κ1) is 16.3. The lowest BCUT2D eigenvalue weighted by molar-refractivity contribution is -0.119. The summed E-state index contributed by atoms with van der Waals surface area (Å²) in [6.45, 7) is 2.00. The van der Waals surface area contributed by atoms with Gasteiger partial charge in [-0.1, -0.05) is 6.07 Å². The number of amides is 2. The minimum absolute atomic E-state index is 0.0573. The van der Waals surface area contributed by atoms with Crippen LogP contribution in [-0.4, -0.2) is 21.8 Å². The Morgan fingerprint density at radius 1 is 1.21 bits per heavy atom. The molecule has 0 unspecified atom stereocenters. The van der Waals surface area contributed by atoms with Gasteiger partial charge in [0.25, 0.3) is 5.91 Å². The Hall–Kier alpha value is -2.58. The van der Waals surface area contributed by atoms with Crippen molar-refractivity contribution in [1.82, 2.24) is 15.3 Å². The quantitative estimate of drug-likeness (QED) is 0.734. The van der Waals surface area contributed by atoms with Gasteiger partial charge in [0, 0.05) is 23.4 Å². The summed E-state index contributed by atoms with van der Waals surface area (Å²) in [6.07, 6.45) is 1.57. The first-order chi connectivity index (χ1) is 11.6. The van der Waals surface area contributed by atoms with E-state index in [0.29, 0.717) is 17.4 Å². The molecule has 8 heteroatoms. The average molecular weight is 358 g/mol. The minimum Gasteiger partial charge on any atom is -0.351 e. The van der Waals surface area contributed by atoms with E-state index in [1.54, 1.807) is 35.7 Å². The van der Waals surface area contributed by atoms with Gasteiger partial charge in [0.2, 0.25) is 5.91 Å². The largest absolute Gasteiger partial charge is 0.351 e. The highest BCUT2D eigenvalue weighted by Gasteiger charge is 2.12. The Morgan fingerprint density at radius 3 is 2.83 bits per heavy atom. The number of nitrogens with zero attached hydrogens (tertiary/aromatic N) is 2. The van der Waals surface area contributed by atoms with Crippen LogP contribution in [0.4, 0.5) is 5.13 Å². The van der Waals surface area contributed by atoms with Crippen molar-refractivity contribution >= 4 is 39.6 Å². The Kier molecular flexibility index (Phi) is 4.97. The molecule has 0 radical (unpaired) electrons. The van der Waals surface area contributed by atoms with E-state index in [4.69, 9.17) is 0 Å². The molecule has 0 aromatic carbocycles. The van der Waals surface area contributed by atoms with Crippen molar-refractivity contribution in [2.24, 2.45) is 0 Å². The standard InChI is InChI=1S/C16H14N4O2S2/c1-10(21)18-8-11-5-6-14(24-11)13-9-23-16(19-13)20-15(22)12-4-2-3-7-17-12/h2-7,9H,8H2,1H3,(H,18,21)(H,19,20,22). The van der Waals surface area contributed by atoms with E-state index in [1.165, 1.54) is 18.3 Å². The molecule has 0 aliphatic rings. The molecule has 0 saturated heterocycles. The lowest BCUT2D eigenvalue weighted by Crippen LogP contribution is -2.17. The summed E-state index contributed by atoms with van der Waals surface area (Å²) in [5.41, 5.74) is 1.15. The van der Waals surface area contributed by atoms with Crippen LogP contribution in [0.15, 0.2) is 41.9 Å². The molecule has 0 aliphatic carbocycles. The van der Waals surface area contributed by atoms with Gasteiger partial charge in [-0.05, 0) is 24.3 Å². The maximum atomic E-state index is 12.1. The summed E-state index contributed by atoms with van der Waals surface area (Å²) in [5, 5.41) is 7.93. The van der Waals surface area contributed by atoms with Gasteiger partial charge in [0.1, 0.15) is 5.69 Å². The van der Waals surface area contributed by atoms with Gasteiger partial charge in [-0.15, -0.1) is 22.7 Å². The Morgan fingerprint density at radius 2 is 2.08 bits per heavy atom. The molecule has 6 nitrogen and oxygen atoms in total. The lowest BCUT2D eigenvalue weighted by Gasteiger charge is -1.99. The molecule has 122 valence electrons. The fourth-order valence-electron chi connectivity index (χ4n) is 1.92. The van der Waals surface area contributed by atoms with E-state index in [-0.39, 0.29) is 11.8 Å². The van der Waals surface area contributed by atoms with E-state index in [2.05, 4.69) is 20.6 Å². The number of hydrogen-bond acceptors (Lipinski definition) is 6. The number of hydrogen-bond donors (Lipinski definition) is 2. The second-order valence-electron chi connectivity index (χ2n) is 4.88. The maximum Gasteiger partial charge on any atom is 0.276 e. The summed E-state index contributed by atoms with van der Waals surface area (Å²) in [7, 11) is 0. The van der Waals surface area contributed by atoms with E-state index in [1.807, 2.05) is 17.5 Å². The summed E-state index contributed by atoms with van der Waals surface area (Å²) >= 11 is 2.92. The van der Waals surface area contributed by atoms with Gasteiger partial charge in [-0.3, -0.25) is 19.9 Å². The molecule has 0 spiro atoms. The van der Waals surface area contributed by atoms with Crippen LogP contribution in [0.5, 0.6) is 0 Å². The van der Waals surface area contributed by atoms with Crippen LogP contribution in [0.3, 0.4) is 0 Å². The van der Waals surface area contributed by atoms with E-state index < -0.39 is 0 Å². The normalized spacial score (nSPS) is 10.4. The third kappa shape index (κ3) is 4.03. The Bertz CT molecular complexity index is 858. The Balaban J connectivity index is 1.67. The lowest BCUT2D eigenvalue weighted by atomic mass is 10.3. The van der Waals surface area contributed by atoms with Crippen molar-refractivity contribution in [3.8, 4) is 10.6 Å².